The van der Waals surface area contributed by atoms with Crippen LogP contribution in [0.15, 0.2) is 22.7 Å². The molecule has 0 spiro atoms. The fraction of sp³-hybridized carbons (Fsp3) is 0.462. The van der Waals surface area contributed by atoms with Crippen LogP contribution in [0.5, 0.6) is 0 Å². The smallest absolute Gasteiger partial charge is 0.251 e. The topological polar surface area (TPSA) is 41.1 Å². The van der Waals surface area contributed by atoms with Gasteiger partial charge in [0, 0.05) is 22.6 Å². The summed E-state index contributed by atoms with van der Waals surface area (Å²) >= 11 is 3.39. The van der Waals surface area contributed by atoms with Gasteiger partial charge in [0.05, 0.1) is 0 Å². The van der Waals surface area contributed by atoms with Gasteiger partial charge in [0.25, 0.3) is 5.91 Å². The molecule has 1 aliphatic rings. The van der Waals surface area contributed by atoms with Crippen LogP contribution < -0.4 is 10.6 Å². The van der Waals surface area contributed by atoms with Crippen molar-refractivity contribution in [1.29, 1.82) is 0 Å². The van der Waals surface area contributed by atoms with Gasteiger partial charge in [0.2, 0.25) is 0 Å². The molecule has 0 saturated carbocycles. The third kappa shape index (κ3) is 3.97. The number of hydrogen-bond donors (Lipinski definition) is 2. The normalized spacial score (nSPS) is 18.2. The number of benzene rings is 1. The summed E-state index contributed by atoms with van der Waals surface area (Å²) in [7, 11) is 0. The number of carbonyl (C=O) groups is 1. The Balaban J connectivity index is 0.00000162. The van der Waals surface area contributed by atoms with E-state index in [4.69, 9.17) is 0 Å². The molecule has 1 aromatic rings. The van der Waals surface area contributed by atoms with E-state index < -0.39 is 0 Å². The maximum atomic E-state index is 12.0. The molecule has 1 unspecified atom stereocenters. The van der Waals surface area contributed by atoms with E-state index in [1.54, 1.807) is 0 Å². The van der Waals surface area contributed by atoms with Crippen molar-refractivity contribution < 1.29 is 4.79 Å². The second kappa shape index (κ2) is 7.12. The molecule has 3 nitrogen and oxygen atoms in total. The molecular weight excluding hydrogens is 316 g/mol. The number of nitrogens with one attached hydrogen (secondary N) is 2. The number of carbonyl (C=O) groups excluding carboxylic acids is 1. The Kier molecular flexibility index (Phi) is 6.12. The SMILES string of the molecule is Cc1ccc(Br)cc1C(=O)NCC1CCCN1.Cl. The predicted octanol–water partition coefficient (Wildman–Crippen LogP) is 2.66. The molecule has 1 atom stereocenters. The van der Waals surface area contributed by atoms with Crippen molar-refractivity contribution in [3.8, 4) is 0 Å². The van der Waals surface area contributed by atoms with Crippen LogP contribution in [0.4, 0.5) is 0 Å². The molecule has 2 rings (SSSR count). The van der Waals surface area contributed by atoms with E-state index in [-0.39, 0.29) is 18.3 Å². The zero-order valence-corrected chi connectivity index (χ0v) is 12.7. The van der Waals surface area contributed by atoms with Crippen molar-refractivity contribution in [3.05, 3.63) is 33.8 Å². The first kappa shape index (κ1) is 15.5. The molecule has 1 saturated heterocycles. The third-order valence-electron chi connectivity index (χ3n) is 3.12. The van der Waals surface area contributed by atoms with Gasteiger partial charge in [-0.3, -0.25) is 4.79 Å². The van der Waals surface area contributed by atoms with E-state index in [1.165, 1.54) is 6.42 Å². The highest BCUT2D eigenvalue weighted by Gasteiger charge is 2.16. The molecular formula is C13H18BrClN2O. The summed E-state index contributed by atoms with van der Waals surface area (Å²) in [4.78, 5) is 12.0. The van der Waals surface area contributed by atoms with Gasteiger partial charge in [-0.2, -0.15) is 0 Å². The molecule has 1 amide bonds. The van der Waals surface area contributed by atoms with Crippen LogP contribution in [0, 0.1) is 6.92 Å². The summed E-state index contributed by atoms with van der Waals surface area (Å²) < 4.78 is 0.937. The minimum atomic E-state index is 0. The van der Waals surface area contributed by atoms with E-state index in [0.29, 0.717) is 12.6 Å². The Morgan fingerprint density at radius 3 is 3.00 bits per heavy atom. The molecule has 0 aliphatic carbocycles. The van der Waals surface area contributed by atoms with Gasteiger partial charge in [-0.15, -0.1) is 12.4 Å². The van der Waals surface area contributed by atoms with E-state index in [2.05, 4.69) is 26.6 Å². The highest BCUT2D eigenvalue weighted by molar-refractivity contribution is 9.10. The molecule has 1 aliphatic heterocycles. The number of aryl methyl sites for hydroxylation is 1. The van der Waals surface area contributed by atoms with E-state index >= 15 is 0 Å². The Bertz CT molecular complexity index is 419. The Morgan fingerprint density at radius 2 is 2.33 bits per heavy atom. The quantitative estimate of drug-likeness (QED) is 0.893. The highest BCUT2D eigenvalue weighted by atomic mass is 79.9. The summed E-state index contributed by atoms with van der Waals surface area (Å²) in [6.45, 7) is 3.73. The van der Waals surface area contributed by atoms with Crippen molar-refractivity contribution in [2.75, 3.05) is 13.1 Å². The largest absolute Gasteiger partial charge is 0.350 e. The molecule has 1 fully saturated rings. The van der Waals surface area contributed by atoms with Crippen LogP contribution in [-0.2, 0) is 0 Å². The fourth-order valence-electron chi connectivity index (χ4n) is 2.08. The molecule has 0 bridgehead atoms. The number of amides is 1. The standard InChI is InChI=1S/C13H17BrN2O.ClH/c1-9-4-5-10(14)7-12(9)13(17)16-8-11-3-2-6-15-11;/h4-5,7,11,15H,2-3,6,8H2,1H3,(H,16,17);1H. The van der Waals surface area contributed by atoms with Crippen molar-refractivity contribution in [1.82, 2.24) is 10.6 Å². The average Bonchev–Trinajstić information content (AvgIpc) is 2.82. The summed E-state index contributed by atoms with van der Waals surface area (Å²) in [5, 5.41) is 6.35. The monoisotopic (exact) mass is 332 g/mol. The maximum absolute atomic E-state index is 12.0. The second-order valence-corrected chi connectivity index (χ2v) is 5.38. The van der Waals surface area contributed by atoms with Crippen LogP contribution >= 0.6 is 28.3 Å². The Hall–Kier alpha value is -0.580. The first-order valence-electron chi connectivity index (χ1n) is 5.94. The van der Waals surface area contributed by atoms with Crippen LogP contribution in [0.25, 0.3) is 0 Å². The molecule has 2 N–H and O–H groups in total. The molecule has 1 aromatic carbocycles. The summed E-state index contributed by atoms with van der Waals surface area (Å²) in [5.74, 6) is 0.0116. The average molecular weight is 334 g/mol. The van der Waals surface area contributed by atoms with Crippen LogP contribution in [-0.4, -0.2) is 25.0 Å². The highest BCUT2D eigenvalue weighted by Crippen LogP contribution is 2.16. The fourth-order valence-corrected chi connectivity index (χ4v) is 2.44. The number of rotatable bonds is 3. The molecule has 18 heavy (non-hydrogen) atoms. The lowest BCUT2D eigenvalue weighted by atomic mass is 10.1. The molecule has 0 radical (unpaired) electrons. The third-order valence-corrected chi connectivity index (χ3v) is 3.61. The maximum Gasteiger partial charge on any atom is 0.251 e. The zero-order valence-electron chi connectivity index (χ0n) is 10.3. The summed E-state index contributed by atoms with van der Waals surface area (Å²) in [6.07, 6.45) is 2.36. The van der Waals surface area contributed by atoms with Crippen LogP contribution in [0.1, 0.15) is 28.8 Å². The summed E-state index contributed by atoms with van der Waals surface area (Å²) in [6, 6.07) is 6.20. The van der Waals surface area contributed by atoms with Gasteiger partial charge in [-0.1, -0.05) is 22.0 Å². The molecule has 1 heterocycles. The lowest BCUT2D eigenvalue weighted by Crippen LogP contribution is -2.37. The Morgan fingerprint density at radius 1 is 1.56 bits per heavy atom. The summed E-state index contributed by atoms with van der Waals surface area (Å²) in [5.41, 5.74) is 1.75. The molecule has 0 aromatic heterocycles. The minimum absolute atomic E-state index is 0. The van der Waals surface area contributed by atoms with Crippen LogP contribution in [0.2, 0.25) is 0 Å². The first-order chi connectivity index (χ1) is 8.16. The van der Waals surface area contributed by atoms with Gasteiger partial charge in [0.1, 0.15) is 0 Å². The lowest BCUT2D eigenvalue weighted by Gasteiger charge is -2.12. The first-order valence-corrected chi connectivity index (χ1v) is 6.74. The van der Waals surface area contributed by atoms with E-state index in [1.807, 2.05) is 25.1 Å². The van der Waals surface area contributed by atoms with Gasteiger partial charge in [-0.05, 0) is 44.0 Å². The predicted molar refractivity (Wildman–Crippen MR) is 79.5 cm³/mol. The van der Waals surface area contributed by atoms with Crippen molar-refractivity contribution in [3.63, 3.8) is 0 Å². The van der Waals surface area contributed by atoms with E-state index in [9.17, 15) is 4.79 Å². The van der Waals surface area contributed by atoms with Gasteiger partial charge in [-0.25, -0.2) is 0 Å². The molecule has 100 valence electrons. The van der Waals surface area contributed by atoms with Gasteiger partial charge in [0.15, 0.2) is 0 Å². The number of hydrogen-bond acceptors (Lipinski definition) is 2. The minimum Gasteiger partial charge on any atom is -0.350 e. The van der Waals surface area contributed by atoms with Gasteiger partial charge >= 0.3 is 0 Å². The van der Waals surface area contributed by atoms with Crippen molar-refractivity contribution in [2.45, 2.75) is 25.8 Å². The zero-order chi connectivity index (χ0) is 12.3. The van der Waals surface area contributed by atoms with Gasteiger partial charge < -0.3 is 10.6 Å². The molecule has 5 heteroatoms. The van der Waals surface area contributed by atoms with Crippen LogP contribution in [0.3, 0.4) is 0 Å². The lowest BCUT2D eigenvalue weighted by molar-refractivity contribution is 0.0949. The second-order valence-electron chi connectivity index (χ2n) is 4.46. The van der Waals surface area contributed by atoms with E-state index in [0.717, 1.165) is 28.6 Å². The van der Waals surface area contributed by atoms with Crippen molar-refractivity contribution >= 4 is 34.2 Å². The Labute approximate surface area is 122 Å². The van der Waals surface area contributed by atoms with Crippen molar-refractivity contribution in [2.24, 2.45) is 0 Å². The number of halogens is 2.